The first-order valence-electron chi connectivity index (χ1n) is 12.7. The van der Waals surface area contributed by atoms with Gasteiger partial charge < -0.3 is 25.4 Å². The molecule has 4 rings (SSSR count). The van der Waals surface area contributed by atoms with Gasteiger partial charge in [-0.25, -0.2) is 9.80 Å². The van der Waals surface area contributed by atoms with Crippen LogP contribution in [0.2, 0.25) is 5.02 Å². The second-order valence-corrected chi connectivity index (χ2v) is 10.8. The summed E-state index contributed by atoms with van der Waals surface area (Å²) in [5.41, 5.74) is -0.944. The predicted octanol–water partition coefficient (Wildman–Crippen LogP) is 1.93. The summed E-state index contributed by atoms with van der Waals surface area (Å²) in [6.07, 6.45) is 2.18. The molecule has 0 spiro atoms. The number of rotatable bonds is 9. The molecule has 0 unspecified atom stereocenters. The van der Waals surface area contributed by atoms with Crippen LogP contribution < -0.4 is 15.4 Å². The Morgan fingerprint density at radius 1 is 1.23 bits per heavy atom. The molecule has 212 valence electrons. The molecule has 40 heavy (non-hydrogen) atoms. The van der Waals surface area contributed by atoms with Crippen molar-refractivity contribution < 1.29 is 29.0 Å². The van der Waals surface area contributed by atoms with Gasteiger partial charge in [0.15, 0.2) is 0 Å². The third kappa shape index (κ3) is 6.17. The van der Waals surface area contributed by atoms with Gasteiger partial charge in [0.05, 0.1) is 16.9 Å². The minimum Gasteiger partial charge on any atom is -0.489 e. The number of halogens is 1. The molecule has 2 aliphatic rings. The van der Waals surface area contributed by atoms with Crippen LogP contribution in [0.5, 0.6) is 5.75 Å². The Labute approximate surface area is 236 Å². The van der Waals surface area contributed by atoms with Crippen molar-refractivity contribution in [1.82, 2.24) is 25.5 Å². The van der Waals surface area contributed by atoms with Crippen LogP contribution in [0.25, 0.3) is 0 Å². The summed E-state index contributed by atoms with van der Waals surface area (Å²) < 4.78 is 5.76. The van der Waals surface area contributed by atoms with Crippen molar-refractivity contribution in [3.8, 4) is 5.75 Å². The van der Waals surface area contributed by atoms with Crippen molar-refractivity contribution in [3.63, 3.8) is 0 Å². The Kier molecular flexibility index (Phi) is 8.29. The molecule has 0 aliphatic carbocycles. The SMILES string of the molecule is CN1N=C2CCN(C(=O)[C@@H](COc3cncc(Cl)c3)NC(=O)C(C)(C)NC(=O)O)C[C@@]2(Cc2ccccc2)C1=O. The number of amides is 4. The Bertz CT molecular complexity index is 1340. The smallest absolute Gasteiger partial charge is 0.405 e. The van der Waals surface area contributed by atoms with E-state index in [1.807, 2.05) is 30.3 Å². The molecular weight excluding hydrogens is 540 g/mol. The Morgan fingerprint density at radius 2 is 1.95 bits per heavy atom. The minimum absolute atomic E-state index is 0.0601. The second-order valence-electron chi connectivity index (χ2n) is 10.4. The number of nitrogens with one attached hydrogen (secondary N) is 2. The number of benzene rings is 1. The van der Waals surface area contributed by atoms with Crippen LogP contribution in [0.15, 0.2) is 53.9 Å². The monoisotopic (exact) mass is 570 g/mol. The fraction of sp³-hybridized carbons (Fsp3) is 0.407. The molecule has 1 saturated heterocycles. The van der Waals surface area contributed by atoms with E-state index >= 15 is 0 Å². The number of pyridine rings is 1. The van der Waals surface area contributed by atoms with Gasteiger partial charge in [-0.15, -0.1) is 0 Å². The maximum absolute atomic E-state index is 13.9. The number of piperidine rings is 1. The number of likely N-dealkylation sites (tertiary alicyclic amines) is 1. The van der Waals surface area contributed by atoms with E-state index in [0.29, 0.717) is 23.6 Å². The number of hydrogen-bond donors (Lipinski definition) is 3. The highest BCUT2D eigenvalue weighted by Crippen LogP contribution is 2.38. The lowest BCUT2D eigenvalue weighted by molar-refractivity contribution is -0.143. The number of fused-ring (bicyclic) bond motifs is 1. The van der Waals surface area contributed by atoms with Gasteiger partial charge in [-0.1, -0.05) is 41.9 Å². The molecule has 0 saturated carbocycles. The lowest BCUT2D eigenvalue weighted by Crippen LogP contribution is -2.62. The van der Waals surface area contributed by atoms with E-state index in [0.717, 1.165) is 5.56 Å². The molecular formula is C27H31ClN6O6. The highest BCUT2D eigenvalue weighted by Gasteiger charge is 2.54. The standard InChI is InChI=1S/C27H31ClN6O6/c1-26(2,31-25(38)39)23(36)30-20(15-40-19-11-18(28)13-29-14-19)22(35)34-10-9-21-27(16-34,24(37)33(3)32-21)12-17-7-5-4-6-8-17/h4-8,11,13-14,20,31H,9-10,12,15-16H2,1-3H3,(H,30,36)(H,38,39)/t20-,27-/m1/s1. The molecule has 1 aromatic carbocycles. The first kappa shape index (κ1) is 28.8. The molecule has 4 amide bonds. The summed E-state index contributed by atoms with van der Waals surface area (Å²) in [5, 5.41) is 20.0. The van der Waals surface area contributed by atoms with Crippen LogP contribution in [0, 0.1) is 5.41 Å². The zero-order valence-corrected chi connectivity index (χ0v) is 23.1. The van der Waals surface area contributed by atoms with Crippen molar-refractivity contribution in [3.05, 3.63) is 59.4 Å². The average Bonchev–Trinajstić information content (AvgIpc) is 3.14. The molecule has 1 fully saturated rings. The van der Waals surface area contributed by atoms with E-state index in [1.165, 1.54) is 42.2 Å². The zero-order chi connectivity index (χ0) is 29.1. The third-order valence-electron chi connectivity index (χ3n) is 6.95. The topological polar surface area (TPSA) is 154 Å². The van der Waals surface area contributed by atoms with Gasteiger partial charge in [0.25, 0.3) is 5.91 Å². The summed E-state index contributed by atoms with van der Waals surface area (Å²) in [6.45, 7) is 2.81. The average molecular weight is 571 g/mol. The molecule has 12 nitrogen and oxygen atoms in total. The number of hydrazone groups is 1. The van der Waals surface area contributed by atoms with Gasteiger partial charge in [-0.05, 0) is 25.8 Å². The van der Waals surface area contributed by atoms with Crippen molar-refractivity contribution in [2.45, 2.75) is 38.3 Å². The summed E-state index contributed by atoms with van der Waals surface area (Å²) in [7, 11) is 1.60. The zero-order valence-electron chi connectivity index (χ0n) is 22.4. The van der Waals surface area contributed by atoms with Crippen LogP contribution in [0.3, 0.4) is 0 Å². The number of nitrogens with zero attached hydrogens (tertiary/aromatic N) is 4. The van der Waals surface area contributed by atoms with Crippen molar-refractivity contribution in [2.75, 3.05) is 26.7 Å². The predicted molar refractivity (Wildman–Crippen MR) is 146 cm³/mol. The number of carbonyl (C=O) groups is 4. The highest BCUT2D eigenvalue weighted by atomic mass is 35.5. The molecule has 13 heteroatoms. The Morgan fingerprint density at radius 3 is 2.62 bits per heavy atom. The normalized spacial score (nSPS) is 19.4. The van der Waals surface area contributed by atoms with E-state index in [1.54, 1.807) is 7.05 Å². The van der Waals surface area contributed by atoms with E-state index in [-0.39, 0.29) is 31.4 Å². The van der Waals surface area contributed by atoms with Crippen molar-refractivity contribution in [2.24, 2.45) is 10.5 Å². The van der Waals surface area contributed by atoms with Crippen molar-refractivity contribution >= 4 is 41.1 Å². The van der Waals surface area contributed by atoms with Crippen LogP contribution >= 0.6 is 11.6 Å². The van der Waals surface area contributed by atoms with Crippen LogP contribution in [0.1, 0.15) is 25.8 Å². The quantitative estimate of drug-likeness (QED) is 0.416. The molecule has 2 aliphatic heterocycles. The van der Waals surface area contributed by atoms with Crippen molar-refractivity contribution in [1.29, 1.82) is 0 Å². The van der Waals surface area contributed by atoms with Crippen LogP contribution in [0.4, 0.5) is 4.79 Å². The molecule has 3 N–H and O–H groups in total. The first-order valence-corrected chi connectivity index (χ1v) is 13.0. The Balaban J connectivity index is 1.60. The van der Waals surface area contributed by atoms with E-state index in [4.69, 9.17) is 21.4 Å². The minimum atomic E-state index is -1.54. The first-order chi connectivity index (χ1) is 18.9. The number of carbonyl (C=O) groups excluding carboxylic acids is 3. The fourth-order valence-electron chi connectivity index (χ4n) is 4.92. The van der Waals surface area contributed by atoms with Gasteiger partial charge in [0, 0.05) is 38.8 Å². The number of carboxylic acid groups (broad SMARTS) is 1. The number of hydrogen-bond acceptors (Lipinski definition) is 7. The molecule has 2 atom stereocenters. The second kappa shape index (κ2) is 11.5. The molecule has 1 aromatic heterocycles. The lowest BCUT2D eigenvalue weighted by Gasteiger charge is -2.40. The van der Waals surface area contributed by atoms with Gasteiger partial charge in [0.1, 0.15) is 29.4 Å². The van der Waals surface area contributed by atoms with Gasteiger partial charge in [-0.3, -0.25) is 19.4 Å². The summed E-state index contributed by atoms with van der Waals surface area (Å²) in [4.78, 5) is 57.2. The lowest BCUT2D eigenvalue weighted by atomic mass is 9.73. The fourth-order valence-corrected chi connectivity index (χ4v) is 5.09. The molecule has 3 heterocycles. The summed E-state index contributed by atoms with van der Waals surface area (Å²) in [6, 6.07) is 9.82. The van der Waals surface area contributed by atoms with E-state index in [9.17, 15) is 19.2 Å². The number of ether oxygens (including phenoxy) is 1. The molecule has 0 radical (unpaired) electrons. The summed E-state index contributed by atoms with van der Waals surface area (Å²) >= 11 is 6.00. The third-order valence-corrected chi connectivity index (χ3v) is 7.16. The largest absolute Gasteiger partial charge is 0.489 e. The van der Waals surface area contributed by atoms with Gasteiger partial charge in [-0.2, -0.15) is 5.10 Å². The molecule has 0 bridgehead atoms. The van der Waals surface area contributed by atoms with E-state index in [2.05, 4.69) is 20.7 Å². The summed E-state index contributed by atoms with van der Waals surface area (Å²) in [5.74, 6) is -1.14. The molecule has 2 aromatic rings. The maximum Gasteiger partial charge on any atom is 0.405 e. The van der Waals surface area contributed by atoms with Crippen LogP contribution in [-0.2, 0) is 20.8 Å². The van der Waals surface area contributed by atoms with Gasteiger partial charge in [0.2, 0.25) is 11.8 Å². The highest BCUT2D eigenvalue weighted by molar-refractivity contribution is 6.30. The van der Waals surface area contributed by atoms with Crippen LogP contribution in [-0.4, -0.2) is 87.9 Å². The maximum atomic E-state index is 13.9. The van der Waals surface area contributed by atoms with Gasteiger partial charge >= 0.3 is 6.09 Å². The Hall–Kier alpha value is -4.19. The van der Waals surface area contributed by atoms with E-state index < -0.39 is 34.9 Å². The number of aromatic nitrogens is 1.